The lowest BCUT2D eigenvalue weighted by Crippen LogP contribution is -2.05. The third kappa shape index (κ3) is 33.4. The average molecular weight is 369 g/mol. The van der Waals surface area contributed by atoms with Crippen LogP contribution in [0.15, 0.2) is 0 Å². The molecule has 0 radical (unpaired) electrons. The lowest BCUT2D eigenvalue weighted by Gasteiger charge is -2.10. The summed E-state index contributed by atoms with van der Waals surface area (Å²) in [4.78, 5) is 0. The average Bonchev–Trinajstić information content (AvgIpc) is 2.48. The second-order valence-corrected chi connectivity index (χ2v) is 7.46. The Morgan fingerprint density at radius 3 is 1.17 bits per heavy atom. The van der Waals surface area contributed by atoms with Crippen molar-refractivity contribution in [1.29, 1.82) is 0 Å². The first-order valence-corrected chi connectivity index (χ1v) is 11.1. The Balaban J connectivity index is 0. The minimum absolute atomic E-state index is 0.0261. The van der Waals surface area contributed by atoms with Gasteiger partial charge in [-0.15, -0.1) is 0 Å². The first-order chi connectivity index (χ1) is 11.3. The predicted octanol–water partition coefficient (Wildman–Crippen LogP) is 5.59. The van der Waals surface area contributed by atoms with Crippen LogP contribution < -0.4 is 0 Å². The summed E-state index contributed by atoms with van der Waals surface area (Å²) in [6.45, 7) is 4.52. The molecule has 0 heterocycles. The molecule has 0 bridgehead atoms. The van der Waals surface area contributed by atoms with E-state index in [0.29, 0.717) is 0 Å². The Morgan fingerprint density at radius 2 is 0.875 bits per heavy atom. The molecule has 0 amide bonds. The molecule has 3 N–H and O–H groups in total. The maximum Gasteiger partial charge on any atom is 0.394 e. The van der Waals surface area contributed by atoms with Crippen LogP contribution in [0.2, 0.25) is 0 Å². The lowest BCUT2D eigenvalue weighted by molar-refractivity contribution is 0.147. The van der Waals surface area contributed by atoms with Crippen molar-refractivity contribution in [2.24, 2.45) is 0 Å². The Labute approximate surface area is 149 Å². The summed E-state index contributed by atoms with van der Waals surface area (Å²) in [6, 6.07) is 0. The van der Waals surface area contributed by atoms with Crippen molar-refractivity contribution in [2.75, 3.05) is 0 Å². The first-order valence-electron chi connectivity index (χ1n) is 9.69. The van der Waals surface area contributed by atoms with Gasteiger partial charge in [-0.1, -0.05) is 97.3 Å². The van der Waals surface area contributed by atoms with Gasteiger partial charge in [-0.25, -0.2) is 0 Å². The van der Waals surface area contributed by atoms with Crippen LogP contribution in [0.1, 0.15) is 110 Å². The van der Waals surface area contributed by atoms with E-state index in [1.54, 1.807) is 0 Å². The minimum Gasteiger partial charge on any atom is -0.393 e. The predicted molar refractivity (Wildman–Crippen MR) is 101 cm³/mol. The third-order valence-electron chi connectivity index (χ3n) is 4.03. The van der Waals surface area contributed by atoms with Crippen LogP contribution in [-0.2, 0) is 10.4 Å². The largest absolute Gasteiger partial charge is 0.394 e. The molecule has 0 saturated carbocycles. The van der Waals surface area contributed by atoms with E-state index in [2.05, 4.69) is 13.8 Å². The van der Waals surface area contributed by atoms with Gasteiger partial charge in [0.1, 0.15) is 0 Å². The van der Waals surface area contributed by atoms with Crippen LogP contribution in [0, 0.1) is 0 Å². The molecular formula is C18H40O5S. The Morgan fingerprint density at radius 1 is 0.625 bits per heavy atom. The van der Waals surface area contributed by atoms with E-state index in [0.717, 1.165) is 12.8 Å². The molecule has 5 nitrogen and oxygen atoms in total. The Bertz CT molecular complexity index is 322. The van der Waals surface area contributed by atoms with E-state index in [4.69, 9.17) is 17.5 Å². The van der Waals surface area contributed by atoms with Gasteiger partial charge in [-0.3, -0.25) is 9.11 Å². The third-order valence-corrected chi connectivity index (χ3v) is 4.03. The monoisotopic (exact) mass is 368 g/mol. The van der Waals surface area contributed by atoms with Gasteiger partial charge in [-0.05, 0) is 12.8 Å². The SMILES string of the molecule is CCCCCCCCCC(O)CCCCCCCC.O=S(=O)(O)O. The number of hydrogen-bond donors (Lipinski definition) is 3. The van der Waals surface area contributed by atoms with E-state index in [1.807, 2.05) is 0 Å². The van der Waals surface area contributed by atoms with Crippen LogP contribution in [0.5, 0.6) is 0 Å². The Kier molecular flexibility index (Phi) is 20.8. The maximum absolute atomic E-state index is 9.89. The van der Waals surface area contributed by atoms with Gasteiger partial charge >= 0.3 is 10.4 Å². The van der Waals surface area contributed by atoms with Crippen LogP contribution in [0.3, 0.4) is 0 Å². The van der Waals surface area contributed by atoms with Crippen molar-refractivity contribution in [2.45, 2.75) is 116 Å². The summed E-state index contributed by atoms with van der Waals surface area (Å²) in [5.74, 6) is 0. The van der Waals surface area contributed by atoms with Gasteiger partial charge in [-0.2, -0.15) is 8.42 Å². The minimum atomic E-state index is -4.67. The van der Waals surface area contributed by atoms with Crippen molar-refractivity contribution in [3.8, 4) is 0 Å². The number of unbranched alkanes of at least 4 members (excludes halogenated alkanes) is 11. The summed E-state index contributed by atoms with van der Waals surface area (Å²) >= 11 is 0. The fourth-order valence-corrected chi connectivity index (χ4v) is 2.64. The van der Waals surface area contributed by atoms with Crippen LogP contribution in [-0.4, -0.2) is 28.7 Å². The lowest BCUT2D eigenvalue weighted by atomic mass is 10.0. The topological polar surface area (TPSA) is 94.8 Å². The van der Waals surface area contributed by atoms with Crippen LogP contribution >= 0.6 is 0 Å². The fourth-order valence-electron chi connectivity index (χ4n) is 2.64. The van der Waals surface area contributed by atoms with E-state index >= 15 is 0 Å². The van der Waals surface area contributed by atoms with Crippen LogP contribution in [0.25, 0.3) is 0 Å². The van der Waals surface area contributed by atoms with Crippen LogP contribution in [0.4, 0.5) is 0 Å². The molecule has 1 atom stereocenters. The van der Waals surface area contributed by atoms with Crippen molar-refractivity contribution in [3.63, 3.8) is 0 Å². The molecule has 24 heavy (non-hydrogen) atoms. The Hall–Kier alpha value is -0.170. The van der Waals surface area contributed by atoms with Gasteiger partial charge in [0.15, 0.2) is 0 Å². The molecule has 0 aliphatic rings. The molecule has 0 aromatic carbocycles. The van der Waals surface area contributed by atoms with E-state index in [1.165, 1.54) is 83.5 Å². The highest BCUT2D eigenvalue weighted by Crippen LogP contribution is 2.14. The molecule has 0 aromatic heterocycles. The molecule has 0 aromatic rings. The second kappa shape index (κ2) is 19.2. The van der Waals surface area contributed by atoms with Crippen molar-refractivity contribution >= 4 is 10.4 Å². The summed E-state index contributed by atoms with van der Waals surface area (Å²) in [5, 5.41) is 9.89. The van der Waals surface area contributed by atoms with E-state index < -0.39 is 10.4 Å². The highest BCUT2D eigenvalue weighted by Gasteiger charge is 2.03. The summed E-state index contributed by atoms with van der Waals surface area (Å²) in [6.07, 6.45) is 19.4. The molecule has 0 saturated heterocycles. The van der Waals surface area contributed by atoms with E-state index in [-0.39, 0.29) is 6.10 Å². The zero-order chi connectivity index (χ0) is 18.7. The number of hydrogen-bond acceptors (Lipinski definition) is 3. The molecule has 0 fully saturated rings. The van der Waals surface area contributed by atoms with Crippen molar-refractivity contribution in [1.82, 2.24) is 0 Å². The molecule has 148 valence electrons. The fraction of sp³-hybridized carbons (Fsp3) is 1.00. The number of rotatable bonds is 15. The van der Waals surface area contributed by atoms with Gasteiger partial charge < -0.3 is 5.11 Å². The zero-order valence-corrected chi connectivity index (χ0v) is 16.6. The summed E-state index contributed by atoms with van der Waals surface area (Å²) < 4.78 is 31.6. The molecular weight excluding hydrogens is 328 g/mol. The molecule has 0 spiro atoms. The highest BCUT2D eigenvalue weighted by molar-refractivity contribution is 7.79. The maximum atomic E-state index is 9.89. The molecule has 1 unspecified atom stereocenters. The quantitative estimate of drug-likeness (QED) is 0.259. The van der Waals surface area contributed by atoms with Crippen molar-refractivity contribution < 1.29 is 22.6 Å². The molecule has 0 aliphatic heterocycles. The van der Waals surface area contributed by atoms with Gasteiger partial charge in [0.05, 0.1) is 6.10 Å². The standard InChI is InChI=1S/C18H38O.H2O4S/c1-3-5-7-9-11-13-15-17-18(19)16-14-12-10-8-6-4-2;1-5(2,3)4/h18-19H,3-17H2,1-2H3;(H2,1,2,3,4). The van der Waals surface area contributed by atoms with Gasteiger partial charge in [0.2, 0.25) is 0 Å². The summed E-state index contributed by atoms with van der Waals surface area (Å²) in [5.41, 5.74) is 0. The molecule has 0 rings (SSSR count). The number of aliphatic hydroxyl groups excluding tert-OH is 1. The normalized spacial score (nSPS) is 12.5. The molecule has 6 heteroatoms. The number of aliphatic hydroxyl groups is 1. The summed E-state index contributed by atoms with van der Waals surface area (Å²) in [7, 11) is -4.67. The van der Waals surface area contributed by atoms with Gasteiger partial charge in [0, 0.05) is 0 Å². The zero-order valence-electron chi connectivity index (χ0n) is 15.8. The van der Waals surface area contributed by atoms with Crippen molar-refractivity contribution in [3.05, 3.63) is 0 Å². The smallest absolute Gasteiger partial charge is 0.393 e. The highest BCUT2D eigenvalue weighted by atomic mass is 32.3. The van der Waals surface area contributed by atoms with E-state index in [9.17, 15) is 5.11 Å². The second-order valence-electron chi connectivity index (χ2n) is 6.57. The van der Waals surface area contributed by atoms with Gasteiger partial charge in [0.25, 0.3) is 0 Å². The molecule has 0 aliphatic carbocycles. The first kappa shape index (κ1) is 26.1.